The summed E-state index contributed by atoms with van der Waals surface area (Å²) in [5.74, 6) is 0.796. The second-order valence-electron chi connectivity index (χ2n) is 5.30. The molecule has 6 heteroatoms. The first kappa shape index (κ1) is 16.1. The Kier molecular flexibility index (Phi) is 5.63. The van der Waals surface area contributed by atoms with Crippen molar-refractivity contribution in [1.29, 1.82) is 0 Å². The maximum absolute atomic E-state index is 12.2. The fraction of sp³-hybridized carbons (Fsp3) is 0.500. The predicted molar refractivity (Wildman–Crippen MR) is 81.5 cm³/mol. The Bertz CT molecular complexity index is 507. The summed E-state index contributed by atoms with van der Waals surface area (Å²) in [4.78, 5) is 25.2. The van der Waals surface area contributed by atoms with E-state index >= 15 is 0 Å². The average Bonchev–Trinajstić information content (AvgIpc) is 2.59. The molecule has 0 saturated carbocycles. The zero-order valence-electron chi connectivity index (χ0n) is 13.0. The van der Waals surface area contributed by atoms with E-state index in [2.05, 4.69) is 10.1 Å². The minimum absolute atomic E-state index is 0.0420. The maximum Gasteiger partial charge on any atom is 0.409 e. The monoisotopic (exact) mass is 306 g/mol. The van der Waals surface area contributed by atoms with Crippen molar-refractivity contribution < 1.29 is 19.1 Å². The van der Waals surface area contributed by atoms with Crippen molar-refractivity contribution in [3.05, 3.63) is 29.8 Å². The fourth-order valence-corrected chi connectivity index (χ4v) is 2.53. The Morgan fingerprint density at radius 1 is 1.18 bits per heavy atom. The Balaban J connectivity index is 1.77. The lowest BCUT2D eigenvalue weighted by Gasteiger charge is -2.30. The highest BCUT2D eigenvalue weighted by Crippen LogP contribution is 2.18. The van der Waals surface area contributed by atoms with Crippen LogP contribution < -0.4 is 10.1 Å². The van der Waals surface area contributed by atoms with Gasteiger partial charge in [-0.25, -0.2) is 4.79 Å². The third-order valence-corrected chi connectivity index (χ3v) is 3.92. The summed E-state index contributed by atoms with van der Waals surface area (Å²) in [6.07, 6.45) is 1.02. The standard InChI is InChI=1S/C16H22N2O4/c1-21-14-5-3-12(4-6-14)11-17-15(19)13-7-9-18(10-8-13)16(20)22-2/h3-6,13H,7-11H2,1-2H3,(H,17,19). The second kappa shape index (κ2) is 7.68. The maximum atomic E-state index is 12.2. The molecule has 2 rings (SSSR count). The molecule has 0 aliphatic carbocycles. The van der Waals surface area contributed by atoms with Crippen molar-refractivity contribution >= 4 is 12.0 Å². The molecule has 0 aromatic heterocycles. The van der Waals surface area contributed by atoms with Crippen LogP contribution in [0.5, 0.6) is 5.75 Å². The van der Waals surface area contributed by atoms with E-state index in [0.29, 0.717) is 32.5 Å². The molecule has 1 heterocycles. The van der Waals surface area contributed by atoms with Crippen LogP contribution in [0.4, 0.5) is 4.79 Å². The lowest BCUT2D eigenvalue weighted by molar-refractivity contribution is -0.126. The summed E-state index contributed by atoms with van der Waals surface area (Å²) in [6, 6.07) is 7.60. The van der Waals surface area contributed by atoms with E-state index in [4.69, 9.17) is 4.74 Å². The van der Waals surface area contributed by atoms with Gasteiger partial charge in [0.25, 0.3) is 0 Å². The van der Waals surface area contributed by atoms with Crippen molar-refractivity contribution in [3.63, 3.8) is 0 Å². The normalized spacial score (nSPS) is 15.3. The summed E-state index contributed by atoms with van der Waals surface area (Å²) < 4.78 is 9.78. The first-order valence-corrected chi connectivity index (χ1v) is 7.37. The molecule has 0 unspecified atom stereocenters. The summed E-state index contributed by atoms with van der Waals surface area (Å²) >= 11 is 0. The highest BCUT2D eigenvalue weighted by Gasteiger charge is 2.27. The van der Waals surface area contributed by atoms with Gasteiger partial charge in [0.15, 0.2) is 0 Å². The van der Waals surface area contributed by atoms with Crippen LogP contribution in [0.2, 0.25) is 0 Å². The van der Waals surface area contributed by atoms with Crippen molar-refractivity contribution in [2.75, 3.05) is 27.3 Å². The molecular formula is C16H22N2O4. The van der Waals surface area contributed by atoms with Gasteiger partial charge in [0, 0.05) is 25.6 Å². The van der Waals surface area contributed by atoms with Crippen LogP contribution >= 0.6 is 0 Å². The van der Waals surface area contributed by atoms with Crippen LogP contribution in [0.15, 0.2) is 24.3 Å². The molecule has 22 heavy (non-hydrogen) atoms. The van der Waals surface area contributed by atoms with Crippen LogP contribution in [0.25, 0.3) is 0 Å². The van der Waals surface area contributed by atoms with Gasteiger partial charge in [0.1, 0.15) is 5.75 Å². The smallest absolute Gasteiger partial charge is 0.409 e. The SMILES string of the molecule is COC(=O)N1CCC(C(=O)NCc2ccc(OC)cc2)CC1. The number of methoxy groups -OCH3 is 2. The number of ether oxygens (including phenoxy) is 2. The van der Waals surface area contributed by atoms with Gasteiger partial charge in [-0.1, -0.05) is 12.1 Å². The number of likely N-dealkylation sites (tertiary alicyclic amines) is 1. The molecule has 120 valence electrons. The first-order valence-electron chi connectivity index (χ1n) is 7.37. The van der Waals surface area contributed by atoms with Gasteiger partial charge in [-0.3, -0.25) is 4.79 Å². The molecule has 0 atom stereocenters. The summed E-state index contributed by atoms with van der Waals surface area (Å²) in [7, 11) is 2.99. The molecule has 2 amide bonds. The molecule has 0 bridgehead atoms. The molecule has 1 fully saturated rings. The number of nitrogens with zero attached hydrogens (tertiary/aromatic N) is 1. The quantitative estimate of drug-likeness (QED) is 0.921. The predicted octanol–water partition coefficient (Wildman–Crippen LogP) is 1.79. The molecule has 1 N–H and O–H groups in total. The Hall–Kier alpha value is -2.24. The van der Waals surface area contributed by atoms with E-state index in [1.807, 2.05) is 24.3 Å². The number of piperidine rings is 1. The van der Waals surface area contributed by atoms with Gasteiger partial charge >= 0.3 is 6.09 Å². The van der Waals surface area contributed by atoms with Crippen molar-refractivity contribution in [3.8, 4) is 5.75 Å². The van der Waals surface area contributed by atoms with E-state index in [1.54, 1.807) is 12.0 Å². The first-order chi connectivity index (χ1) is 10.6. The van der Waals surface area contributed by atoms with Crippen molar-refractivity contribution in [2.24, 2.45) is 5.92 Å². The number of nitrogens with one attached hydrogen (secondary N) is 1. The second-order valence-corrected chi connectivity index (χ2v) is 5.30. The number of benzene rings is 1. The third kappa shape index (κ3) is 4.13. The molecule has 1 aromatic carbocycles. The third-order valence-electron chi connectivity index (χ3n) is 3.92. The molecule has 1 aliphatic rings. The number of carbonyl (C=O) groups excluding carboxylic acids is 2. The van der Waals surface area contributed by atoms with E-state index in [9.17, 15) is 9.59 Å². The summed E-state index contributed by atoms with van der Waals surface area (Å²) in [6.45, 7) is 1.63. The highest BCUT2D eigenvalue weighted by atomic mass is 16.5. The van der Waals surface area contributed by atoms with E-state index in [1.165, 1.54) is 7.11 Å². The van der Waals surface area contributed by atoms with Crippen LogP contribution in [0.1, 0.15) is 18.4 Å². The Morgan fingerprint density at radius 3 is 2.36 bits per heavy atom. The van der Waals surface area contributed by atoms with Gasteiger partial charge in [0.05, 0.1) is 14.2 Å². The lowest BCUT2D eigenvalue weighted by atomic mass is 9.96. The van der Waals surface area contributed by atoms with E-state index < -0.39 is 0 Å². The minimum atomic E-state index is -0.322. The van der Waals surface area contributed by atoms with Crippen LogP contribution in [0, 0.1) is 5.92 Å². The molecule has 6 nitrogen and oxygen atoms in total. The highest BCUT2D eigenvalue weighted by molar-refractivity contribution is 5.79. The van der Waals surface area contributed by atoms with Gasteiger partial charge < -0.3 is 19.7 Å². The molecule has 1 saturated heterocycles. The van der Waals surface area contributed by atoms with Gasteiger partial charge in [-0.2, -0.15) is 0 Å². The number of amides is 2. The van der Waals surface area contributed by atoms with Gasteiger partial charge in [-0.05, 0) is 30.5 Å². The molecule has 0 radical (unpaired) electrons. The minimum Gasteiger partial charge on any atom is -0.497 e. The Morgan fingerprint density at radius 2 is 1.82 bits per heavy atom. The zero-order valence-corrected chi connectivity index (χ0v) is 13.0. The van der Waals surface area contributed by atoms with Crippen molar-refractivity contribution in [1.82, 2.24) is 10.2 Å². The van der Waals surface area contributed by atoms with Crippen molar-refractivity contribution in [2.45, 2.75) is 19.4 Å². The van der Waals surface area contributed by atoms with Crippen LogP contribution in [-0.4, -0.2) is 44.2 Å². The number of hydrogen-bond donors (Lipinski definition) is 1. The molecule has 0 spiro atoms. The molecule has 1 aromatic rings. The average molecular weight is 306 g/mol. The number of carbonyl (C=O) groups is 2. The zero-order chi connectivity index (χ0) is 15.9. The Labute approximate surface area is 130 Å². The molecular weight excluding hydrogens is 284 g/mol. The van der Waals surface area contributed by atoms with E-state index in [0.717, 1.165) is 11.3 Å². The topological polar surface area (TPSA) is 67.9 Å². The number of hydrogen-bond acceptors (Lipinski definition) is 4. The van der Waals surface area contributed by atoms with Gasteiger partial charge in [-0.15, -0.1) is 0 Å². The number of rotatable bonds is 4. The van der Waals surface area contributed by atoms with E-state index in [-0.39, 0.29) is 17.9 Å². The summed E-state index contributed by atoms with van der Waals surface area (Å²) in [5.41, 5.74) is 1.03. The fourth-order valence-electron chi connectivity index (χ4n) is 2.53. The lowest BCUT2D eigenvalue weighted by Crippen LogP contribution is -2.42. The largest absolute Gasteiger partial charge is 0.497 e. The summed E-state index contributed by atoms with van der Waals surface area (Å²) in [5, 5.41) is 2.95. The van der Waals surface area contributed by atoms with Crippen LogP contribution in [-0.2, 0) is 16.1 Å². The van der Waals surface area contributed by atoms with Crippen LogP contribution in [0.3, 0.4) is 0 Å². The molecule has 1 aliphatic heterocycles. The van der Waals surface area contributed by atoms with Gasteiger partial charge in [0.2, 0.25) is 5.91 Å².